The topological polar surface area (TPSA) is 72.6 Å². The van der Waals surface area contributed by atoms with Gasteiger partial charge in [-0.25, -0.2) is 14.2 Å². The van der Waals surface area contributed by atoms with Gasteiger partial charge in [0.1, 0.15) is 28.4 Å². The van der Waals surface area contributed by atoms with Crippen LogP contribution in [0.3, 0.4) is 0 Å². The van der Waals surface area contributed by atoms with E-state index in [0.717, 1.165) is 5.39 Å². The number of aromatic nitrogens is 1. The van der Waals surface area contributed by atoms with Crippen molar-refractivity contribution in [1.82, 2.24) is 4.98 Å². The molecule has 25 heavy (non-hydrogen) atoms. The van der Waals surface area contributed by atoms with Crippen LogP contribution in [0.25, 0.3) is 33.3 Å². The number of aromatic carboxylic acids is 1. The summed E-state index contributed by atoms with van der Waals surface area (Å²) in [6.45, 7) is 0. The van der Waals surface area contributed by atoms with Gasteiger partial charge in [-0.2, -0.15) is 0 Å². The molecule has 0 saturated carbocycles. The summed E-state index contributed by atoms with van der Waals surface area (Å²) in [4.78, 5) is 15.8. The molecular formula is C19H12FNO4. The van der Waals surface area contributed by atoms with Crippen molar-refractivity contribution in [1.29, 1.82) is 0 Å². The van der Waals surface area contributed by atoms with Gasteiger partial charge in [-0.1, -0.05) is 12.1 Å². The molecule has 0 aliphatic heterocycles. The zero-order chi connectivity index (χ0) is 17.6. The lowest BCUT2D eigenvalue weighted by molar-refractivity contribution is 0.0699. The molecule has 2 heterocycles. The fourth-order valence-corrected chi connectivity index (χ4v) is 2.79. The highest BCUT2D eigenvalue weighted by atomic mass is 19.1. The predicted octanol–water partition coefficient (Wildman–Crippen LogP) is 4.49. The van der Waals surface area contributed by atoms with Crippen LogP contribution in [0.5, 0.6) is 5.75 Å². The molecule has 4 rings (SSSR count). The van der Waals surface area contributed by atoms with Crippen LogP contribution in [-0.2, 0) is 0 Å². The number of furan rings is 1. The van der Waals surface area contributed by atoms with Crippen LogP contribution in [0.15, 0.2) is 52.9 Å². The number of rotatable bonds is 3. The van der Waals surface area contributed by atoms with Gasteiger partial charge < -0.3 is 14.3 Å². The summed E-state index contributed by atoms with van der Waals surface area (Å²) in [7, 11) is 1.56. The number of benzene rings is 2. The number of ether oxygens (including phenoxy) is 1. The Balaban J connectivity index is 1.97. The van der Waals surface area contributed by atoms with Crippen LogP contribution >= 0.6 is 0 Å². The van der Waals surface area contributed by atoms with Crippen LogP contribution in [0.4, 0.5) is 4.39 Å². The van der Waals surface area contributed by atoms with E-state index >= 15 is 0 Å². The van der Waals surface area contributed by atoms with Crippen molar-refractivity contribution < 1.29 is 23.4 Å². The van der Waals surface area contributed by atoms with Crippen molar-refractivity contribution in [3.05, 3.63) is 59.9 Å². The number of methoxy groups -OCH3 is 1. The summed E-state index contributed by atoms with van der Waals surface area (Å²) in [6.07, 6.45) is 0. The standard InChI is InChI=1S/C19H12FNO4/c1-24-11-5-6-16-10(7-11)8-17(25-16)15-9-13(19(22)23)12-3-2-4-14(20)18(12)21-15/h2-9H,1H3,(H,22,23). The van der Waals surface area contributed by atoms with Crippen molar-refractivity contribution in [2.75, 3.05) is 7.11 Å². The molecule has 0 aliphatic carbocycles. The molecule has 0 radical (unpaired) electrons. The van der Waals surface area contributed by atoms with Crippen molar-refractivity contribution in [2.24, 2.45) is 0 Å². The number of hydrogen-bond donors (Lipinski definition) is 1. The number of halogens is 1. The van der Waals surface area contributed by atoms with Gasteiger partial charge in [0.15, 0.2) is 5.76 Å². The van der Waals surface area contributed by atoms with E-state index in [2.05, 4.69) is 4.98 Å². The number of carboxylic acid groups (broad SMARTS) is 1. The Morgan fingerprint density at radius 3 is 2.80 bits per heavy atom. The third-order valence-corrected chi connectivity index (χ3v) is 4.00. The smallest absolute Gasteiger partial charge is 0.336 e. The van der Waals surface area contributed by atoms with Gasteiger partial charge in [0.05, 0.1) is 12.7 Å². The van der Waals surface area contributed by atoms with E-state index in [1.54, 1.807) is 31.4 Å². The van der Waals surface area contributed by atoms with Gasteiger partial charge >= 0.3 is 5.97 Å². The molecule has 0 unspecified atom stereocenters. The lowest BCUT2D eigenvalue weighted by atomic mass is 10.1. The van der Waals surface area contributed by atoms with E-state index in [1.807, 2.05) is 0 Å². The molecule has 0 spiro atoms. The summed E-state index contributed by atoms with van der Waals surface area (Å²) < 4.78 is 25.0. The average Bonchev–Trinajstić information content (AvgIpc) is 3.04. The highest BCUT2D eigenvalue weighted by Gasteiger charge is 2.17. The summed E-state index contributed by atoms with van der Waals surface area (Å²) in [5, 5.41) is 10.5. The Labute approximate surface area is 141 Å². The second-order valence-corrected chi connectivity index (χ2v) is 5.51. The number of carboxylic acids is 1. The van der Waals surface area contributed by atoms with E-state index in [4.69, 9.17) is 9.15 Å². The summed E-state index contributed by atoms with van der Waals surface area (Å²) >= 11 is 0. The largest absolute Gasteiger partial charge is 0.497 e. The van der Waals surface area contributed by atoms with Gasteiger partial charge in [-0.3, -0.25) is 0 Å². The number of carbonyl (C=O) groups is 1. The number of pyridine rings is 1. The van der Waals surface area contributed by atoms with Crippen molar-refractivity contribution in [3.63, 3.8) is 0 Å². The summed E-state index contributed by atoms with van der Waals surface area (Å²) in [5.41, 5.74) is 0.821. The maximum atomic E-state index is 14.1. The first-order valence-corrected chi connectivity index (χ1v) is 7.47. The van der Waals surface area contributed by atoms with Gasteiger partial charge in [0, 0.05) is 10.8 Å². The molecule has 0 amide bonds. The molecule has 0 aliphatic rings. The number of para-hydroxylation sites is 1. The van der Waals surface area contributed by atoms with Gasteiger partial charge in [-0.05, 0) is 36.4 Å². The van der Waals surface area contributed by atoms with E-state index in [1.165, 1.54) is 24.3 Å². The molecule has 1 N–H and O–H groups in total. The molecule has 124 valence electrons. The molecule has 2 aromatic carbocycles. The lowest BCUT2D eigenvalue weighted by Gasteiger charge is -2.05. The highest BCUT2D eigenvalue weighted by Crippen LogP contribution is 2.32. The number of hydrogen-bond acceptors (Lipinski definition) is 4. The summed E-state index contributed by atoms with van der Waals surface area (Å²) in [5.74, 6) is -0.712. The molecule has 0 saturated heterocycles. The van der Waals surface area contributed by atoms with Crippen molar-refractivity contribution in [2.45, 2.75) is 0 Å². The maximum Gasteiger partial charge on any atom is 0.336 e. The molecular weight excluding hydrogens is 325 g/mol. The molecule has 2 aromatic heterocycles. The average molecular weight is 337 g/mol. The minimum atomic E-state index is -1.16. The maximum absolute atomic E-state index is 14.1. The first kappa shape index (κ1) is 15.1. The summed E-state index contributed by atoms with van der Waals surface area (Å²) in [6, 6.07) is 12.6. The molecule has 6 heteroatoms. The van der Waals surface area contributed by atoms with Crippen molar-refractivity contribution in [3.8, 4) is 17.2 Å². The second kappa shape index (κ2) is 5.59. The lowest BCUT2D eigenvalue weighted by Crippen LogP contribution is -2.01. The van der Waals surface area contributed by atoms with Gasteiger partial charge in [-0.15, -0.1) is 0 Å². The molecule has 0 bridgehead atoms. The minimum absolute atomic E-state index is 0.00423. The quantitative estimate of drug-likeness (QED) is 0.596. The second-order valence-electron chi connectivity index (χ2n) is 5.51. The van der Waals surface area contributed by atoms with Crippen LogP contribution in [-0.4, -0.2) is 23.2 Å². The number of fused-ring (bicyclic) bond motifs is 2. The van der Waals surface area contributed by atoms with Crippen LogP contribution in [0.1, 0.15) is 10.4 Å². The Hall–Kier alpha value is -3.41. The first-order chi connectivity index (χ1) is 12.1. The SMILES string of the molecule is COc1ccc2oc(-c3cc(C(=O)O)c4cccc(F)c4n3)cc2c1. The van der Waals surface area contributed by atoms with Crippen LogP contribution in [0, 0.1) is 5.82 Å². The van der Waals surface area contributed by atoms with E-state index in [9.17, 15) is 14.3 Å². The van der Waals surface area contributed by atoms with Crippen LogP contribution < -0.4 is 4.74 Å². The zero-order valence-corrected chi connectivity index (χ0v) is 13.1. The van der Waals surface area contributed by atoms with E-state index < -0.39 is 11.8 Å². The highest BCUT2D eigenvalue weighted by molar-refractivity contribution is 6.04. The normalized spacial score (nSPS) is 11.1. The van der Waals surface area contributed by atoms with Crippen molar-refractivity contribution >= 4 is 27.8 Å². The van der Waals surface area contributed by atoms with E-state index in [0.29, 0.717) is 17.1 Å². The van der Waals surface area contributed by atoms with E-state index in [-0.39, 0.29) is 22.2 Å². The van der Waals surface area contributed by atoms with Gasteiger partial charge in [0.25, 0.3) is 0 Å². The first-order valence-electron chi connectivity index (χ1n) is 7.47. The minimum Gasteiger partial charge on any atom is -0.497 e. The monoisotopic (exact) mass is 337 g/mol. The zero-order valence-electron chi connectivity index (χ0n) is 13.1. The number of nitrogens with zero attached hydrogens (tertiary/aromatic N) is 1. The molecule has 5 nitrogen and oxygen atoms in total. The third kappa shape index (κ3) is 2.48. The molecule has 0 atom stereocenters. The Morgan fingerprint density at radius 1 is 1.20 bits per heavy atom. The molecule has 4 aromatic rings. The Morgan fingerprint density at radius 2 is 2.04 bits per heavy atom. The van der Waals surface area contributed by atoms with Gasteiger partial charge in [0.2, 0.25) is 0 Å². The fourth-order valence-electron chi connectivity index (χ4n) is 2.79. The third-order valence-electron chi connectivity index (χ3n) is 4.00. The Kier molecular flexibility index (Phi) is 3.39. The molecule has 0 fully saturated rings. The van der Waals surface area contributed by atoms with Crippen LogP contribution in [0.2, 0.25) is 0 Å². The predicted molar refractivity (Wildman–Crippen MR) is 90.4 cm³/mol. The fraction of sp³-hybridized carbons (Fsp3) is 0.0526. The Bertz CT molecular complexity index is 1130.